The van der Waals surface area contributed by atoms with Crippen LogP contribution >= 0.6 is 0 Å². The maximum atomic E-state index is 10.7. The first-order valence-corrected chi connectivity index (χ1v) is 10.9. The molecule has 0 bridgehead atoms. The Kier molecular flexibility index (Phi) is 12.7. The summed E-state index contributed by atoms with van der Waals surface area (Å²) in [7, 11) is 1.75. The van der Waals surface area contributed by atoms with Crippen molar-refractivity contribution >= 4 is 17.8 Å². The van der Waals surface area contributed by atoms with Crippen LogP contribution in [0.25, 0.3) is 0 Å². The lowest BCUT2D eigenvalue weighted by Gasteiger charge is -2.23. The van der Waals surface area contributed by atoms with E-state index in [0.29, 0.717) is 18.9 Å². The highest BCUT2D eigenvalue weighted by atomic mass is 16.5. The van der Waals surface area contributed by atoms with Gasteiger partial charge in [0.2, 0.25) is 0 Å². The predicted molar refractivity (Wildman–Crippen MR) is 121 cm³/mol. The molecule has 2 rings (SSSR count). The van der Waals surface area contributed by atoms with Crippen molar-refractivity contribution in [1.29, 1.82) is 0 Å². The van der Waals surface area contributed by atoms with E-state index in [1.165, 1.54) is 5.56 Å². The third-order valence-electron chi connectivity index (χ3n) is 5.21. The summed E-state index contributed by atoms with van der Waals surface area (Å²) in [5.41, 5.74) is 7.94. The second kappa shape index (κ2) is 14.7. The van der Waals surface area contributed by atoms with Crippen molar-refractivity contribution in [3.05, 3.63) is 23.4 Å². The monoisotopic (exact) mass is 438 g/mol. The Morgan fingerprint density at radius 2 is 2.00 bits per heavy atom. The molecule has 0 aromatic carbocycles. The fourth-order valence-electron chi connectivity index (χ4n) is 3.43. The lowest BCUT2D eigenvalue weighted by molar-refractivity contribution is -0.138. The molecular weight excluding hydrogens is 400 g/mol. The van der Waals surface area contributed by atoms with Crippen molar-refractivity contribution in [2.75, 3.05) is 32.1 Å². The minimum Gasteiger partial charge on any atom is -0.481 e. The molecule has 0 spiro atoms. The minimum absolute atomic E-state index is 0.183. The molecule has 1 aliphatic heterocycles. The number of aliphatic carboxylic acids is 2. The lowest BCUT2D eigenvalue weighted by atomic mass is 9.92. The molecule has 9 nitrogen and oxygen atoms in total. The molecule has 1 aliphatic rings. The number of fused-ring (bicyclic) bond motifs is 1. The van der Waals surface area contributed by atoms with E-state index >= 15 is 0 Å². The molecule has 6 N–H and O–H groups in total. The molecular formula is C22H38N4O5. The fourth-order valence-corrected chi connectivity index (χ4v) is 3.43. The Morgan fingerprint density at radius 1 is 1.29 bits per heavy atom. The molecule has 2 heterocycles. The van der Waals surface area contributed by atoms with Gasteiger partial charge in [0.1, 0.15) is 11.9 Å². The van der Waals surface area contributed by atoms with Gasteiger partial charge in [-0.15, -0.1) is 0 Å². The summed E-state index contributed by atoms with van der Waals surface area (Å²) in [6.45, 7) is 5.63. The van der Waals surface area contributed by atoms with E-state index in [0.717, 1.165) is 63.6 Å². The van der Waals surface area contributed by atoms with Crippen LogP contribution in [0.15, 0.2) is 12.1 Å². The zero-order valence-corrected chi connectivity index (χ0v) is 18.9. The zero-order chi connectivity index (χ0) is 23.2. The molecule has 0 aliphatic carbocycles. The number of carbonyl (C=O) groups is 2. The smallest absolute Gasteiger partial charge is 0.320 e. The Bertz CT molecular complexity index is 682. The Hall–Kier alpha value is -2.23. The predicted octanol–water partition coefficient (Wildman–Crippen LogP) is 2.21. The maximum Gasteiger partial charge on any atom is 0.320 e. The number of pyridine rings is 1. The number of ether oxygens (including phenoxy) is 1. The van der Waals surface area contributed by atoms with Crippen molar-refractivity contribution in [3.8, 4) is 0 Å². The van der Waals surface area contributed by atoms with E-state index in [1.54, 1.807) is 7.11 Å². The Labute approximate surface area is 184 Å². The van der Waals surface area contributed by atoms with Crippen molar-refractivity contribution in [3.63, 3.8) is 0 Å². The number of nitrogens with one attached hydrogen (secondary N) is 2. The molecule has 0 amide bonds. The number of carboxylic acids is 2. The van der Waals surface area contributed by atoms with Crippen molar-refractivity contribution in [1.82, 2.24) is 10.3 Å². The third kappa shape index (κ3) is 11.1. The highest BCUT2D eigenvalue weighted by Gasteiger charge is 2.19. The van der Waals surface area contributed by atoms with Gasteiger partial charge in [-0.2, -0.15) is 0 Å². The zero-order valence-electron chi connectivity index (χ0n) is 18.9. The van der Waals surface area contributed by atoms with Crippen LogP contribution in [0.1, 0.15) is 63.1 Å². The average Bonchev–Trinajstić information content (AvgIpc) is 2.74. The summed E-state index contributed by atoms with van der Waals surface area (Å²) < 4.78 is 5.48. The van der Waals surface area contributed by atoms with E-state index in [-0.39, 0.29) is 6.10 Å². The van der Waals surface area contributed by atoms with Crippen LogP contribution in [0, 0.1) is 0 Å². The fraction of sp³-hybridized carbons (Fsp3) is 0.682. The van der Waals surface area contributed by atoms with Gasteiger partial charge in [-0.25, -0.2) is 4.98 Å². The number of hydrogen-bond donors (Lipinski definition) is 5. The van der Waals surface area contributed by atoms with Gasteiger partial charge in [0, 0.05) is 32.2 Å². The van der Waals surface area contributed by atoms with Crippen molar-refractivity contribution < 1.29 is 24.5 Å². The van der Waals surface area contributed by atoms with E-state index in [4.69, 9.17) is 30.5 Å². The van der Waals surface area contributed by atoms with Crippen LogP contribution in [0.4, 0.5) is 5.82 Å². The largest absolute Gasteiger partial charge is 0.481 e. The van der Waals surface area contributed by atoms with Gasteiger partial charge >= 0.3 is 5.97 Å². The van der Waals surface area contributed by atoms with Crippen LogP contribution in [0.2, 0.25) is 0 Å². The summed E-state index contributed by atoms with van der Waals surface area (Å²) in [5.74, 6) is -0.399. The van der Waals surface area contributed by atoms with Gasteiger partial charge in [0.15, 0.2) is 0 Å². The number of rotatable bonds is 12. The summed E-state index contributed by atoms with van der Waals surface area (Å²) in [6, 6.07) is 3.58. The standard InChI is InChI=1S/C20H34N4O3.C2H4O2/c1-14(27-2)13-16(6-3-10-22-12-9-17(21)20(25)26)18-8-7-15-5-4-11-23-19(15)24-18;1-2(3)4/h7-8,14,16-17,22H,3-6,9-13,21H2,1-2H3,(H,23,24)(H,25,26);1H3,(H,3,4)/t14?,16-,17+;/m1./s1. The summed E-state index contributed by atoms with van der Waals surface area (Å²) in [5, 5.41) is 22.9. The van der Waals surface area contributed by atoms with Gasteiger partial charge in [-0.05, 0) is 70.2 Å². The average molecular weight is 439 g/mol. The van der Waals surface area contributed by atoms with Crippen molar-refractivity contribution in [2.45, 2.75) is 70.4 Å². The molecule has 176 valence electrons. The maximum absolute atomic E-state index is 10.7. The first-order valence-electron chi connectivity index (χ1n) is 10.9. The van der Waals surface area contributed by atoms with E-state index in [1.807, 2.05) is 0 Å². The minimum atomic E-state index is -0.947. The van der Waals surface area contributed by atoms with Crippen LogP contribution in [0.5, 0.6) is 0 Å². The molecule has 1 aromatic rings. The van der Waals surface area contributed by atoms with Gasteiger partial charge in [0.05, 0.1) is 6.10 Å². The van der Waals surface area contributed by atoms with Crippen molar-refractivity contribution in [2.24, 2.45) is 5.73 Å². The number of aromatic nitrogens is 1. The highest BCUT2D eigenvalue weighted by molar-refractivity contribution is 5.72. The van der Waals surface area contributed by atoms with Crippen LogP contribution in [0.3, 0.4) is 0 Å². The van der Waals surface area contributed by atoms with E-state index in [9.17, 15) is 4.79 Å². The normalized spacial score (nSPS) is 15.5. The molecule has 0 radical (unpaired) electrons. The topological polar surface area (TPSA) is 147 Å². The van der Waals surface area contributed by atoms with Crippen LogP contribution in [-0.4, -0.2) is 66.0 Å². The molecule has 1 aromatic heterocycles. The third-order valence-corrected chi connectivity index (χ3v) is 5.21. The highest BCUT2D eigenvalue weighted by Crippen LogP contribution is 2.29. The van der Waals surface area contributed by atoms with Gasteiger partial charge in [-0.3, -0.25) is 9.59 Å². The SMILES string of the molecule is CC(=O)O.COC(C)C[C@@H](CCCNCC[C@H](N)C(=O)O)c1ccc2c(n1)NCCC2. The van der Waals surface area contributed by atoms with E-state index < -0.39 is 18.0 Å². The molecule has 1 unspecified atom stereocenters. The number of aryl methyl sites for hydroxylation is 1. The number of hydrogen-bond acceptors (Lipinski definition) is 7. The lowest BCUT2D eigenvalue weighted by Crippen LogP contribution is -2.33. The van der Waals surface area contributed by atoms with Gasteiger partial charge in [-0.1, -0.05) is 6.07 Å². The number of nitrogens with zero attached hydrogens (tertiary/aromatic N) is 1. The number of anilines is 1. The number of carboxylic acid groups (broad SMARTS) is 2. The molecule has 9 heteroatoms. The quantitative estimate of drug-likeness (QED) is 0.310. The number of nitrogens with two attached hydrogens (primary N) is 1. The molecule has 0 saturated carbocycles. The second-order valence-electron chi connectivity index (χ2n) is 7.90. The molecule has 31 heavy (non-hydrogen) atoms. The van der Waals surface area contributed by atoms with E-state index in [2.05, 4.69) is 29.7 Å². The molecule has 0 saturated heterocycles. The van der Waals surface area contributed by atoms with Crippen LogP contribution < -0.4 is 16.4 Å². The van der Waals surface area contributed by atoms with Gasteiger partial charge in [0.25, 0.3) is 5.97 Å². The summed E-state index contributed by atoms with van der Waals surface area (Å²) >= 11 is 0. The Balaban J connectivity index is 0.00000110. The van der Waals surface area contributed by atoms with Crippen LogP contribution in [-0.2, 0) is 20.7 Å². The van der Waals surface area contributed by atoms with Gasteiger partial charge < -0.3 is 31.3 Å². The first kappa shape index (κ1) is 26.8. The number of methoxy groups -OCH3 is 1. The molecule has 3 atom stereocenters. The first-order chi connectivity index (χ1) is 14.7. The Morgan fingerprint density at radius 3 is 2.65 bits per heavy atom. The summed E-state index contributed by atoms with van der Waals surface area (Å²) in [4.78, 5) is 24.6. The summed E-state index contributed by atoms with van der Waals surface area (Å²) in [6.07, 6.45) is 5.82. The molecule has 0 fully saturated rings. The second-order valence-corrected chi connectivity index (χ2v) is 7.90.